The van der Waals surface area contributed by atoms with Crippen LogP contribution in [0.25, 0.3) is 0 Å². The van der Waals surface area contributed by atoms with Crippen LogP contribution in [0.15, 0.2) is 30.3 Å². The van der Waals surface area contributed by atoms with E-state index < -0.39 is 9.17 Å². The van der Waals surface area contributed by atoms with Gasteiger partial charge in [-0.05, 0) is 12.1 Å². The Morgan fingerprint density at radius 2 is 1.92 bits per heavy atom. The maximum Gasteiger partial charge on any atom is 0.764 e. The predicted molar refractivity (Wildman–Crippen MR) is 46.5 cm³/mol. The first-order valence-electron chi connectivity index (χ1n) is 3.82. The van der Waals surface area contributed by atoms with E-state index in [1.54, 1.807) is 0 Å². The molecular weight excluding hydrogens is 188 g/mol. The van der Waals surface area contributed by atoms with Crippen LogP contribution in [0.3, 0.4) is 0 Å². The van der Waals surface area contributed by atoms with Crippen molar-refractivity contribution in [3.05, 3.63) is 30.3 Å². The zero-order valence-corrected chi connectivity index (χ0v) is 7.97. The van der Waals surface area contributed by atoms with Gasteiger partial charge in [0, 0.05) is 0 Å². The Morgan fingerprint density at radius 3 is 2.54 bits per heavy atom. The normalized spacial score (nSPS) is 9.23. The number of hydrogen-bond acceptors (Lipinski definition) is 3. The van der Waals surface area contributed by atoms with Gasteiger partial charge in [-0.3, -0.25) is 4.46 Å². The third-order valence-electron chi connectivity index (χ3n) is 1.32. The summed E-state index contributed by atoms with van der Waals surface area (Å²) >= 11 is 0. The average Bonchev–Trinajstić information content (AvgIpc) is 2.14. The van der Waals surface area contributed by atoms with Crippen LogP contribution in [-0.2, 0) is 8.89 Å². The SMILES string of the molecule is O=[Si](O)OCCOc1ccccc1. The van der Waals surface area contributed by atoms with Gasteiger partial charge in [0.1, 0.15) is 19.0 Å². The highest BCUT2D eigenvalue weighted by atomic mass is 28.3. The van der Waals surface area contributed by atoms with Gasteiger partial charge in [0.2, 0.25) is 0 Å². The fourth-order valence-electron chi connectivity index (χ4n) is 0.805. The molecule has 1 N–H and O–H groups in total. The van der Waals surface area contributed by atoms with E-state index in [1.807, 2.05) is 30.3 Å². The first-order valence-corrected chi connectivity index (χ1v) is 5.09. The van der Waals surface area contributed by atoms with E-state index in [4.69, 9.17) is 9.53 Å². The fraction of sp³-hybridized carbons (Fsp3) is 0.250. The number of ether oxygens (including phenoxy) is 1. The van der Waals surface area contributed by atoms with E-state index in [-0.39, 0.29) is 13.2 Å². The summed E-state index contributed by atoms with van der Waals surface area (Å²) in [4.78, 5) is 8.32. The molecule has 1 aromatic rings. The maximum absolute atomic E-state index is 10.1. The lowest BCUT2D eigenvalue weighted by molar-refractivity contribution is 0.174. The minimum Gasteiger partial charge on any atom is -0.511 e. The summed E-state index contributed by atoms with van der Waals surface area (Å²) in [6, 6.07) is 9.20. The molecule has 1 rings (SSSR count). The van der Waals surface area contributed by atoms with Crippen molar-refractivity contribution in [1.82, 2.24) is 0 Å². The van der Waals surface area contributed by atoms with Crippen molar-refractivity contribution in [3.63, 3.8) is 0 Å². The highest BCUT2D eigenvalue weighted by Gasteiger charge is 2.01. The summed E-state index contributed by atoms with van der Waals surface area (Å²) in [5.41, 5.74) is 0. The Hall–Kier alpha value is -1.36. The second-order valence-electron chi connectivity index (χ2n) is 2.28. The molecule has 0 atom stereocenters. The van der Waals surface area contributed by atoms with Crippen molar-refractivity contribution in [3.8, 4) is 5.75 Å². The molecule has 70 valence electrons. The van der Waals surface area contributed by atoms with E-state index in [2.05, 4.69) is 4.43 Å². The molecule has 5 heteroatoms. The van der Waals surface area contributed by atoms with Crippen molar-refractivity contribution in [2.24, 2.45) is 0 Å². The summed E-state index contributed by atoms with van der Waals surface area (Å²) in [7, 11) is -2.82. The van der Waals surface area contributed by atoms with Gasteiger partial charge in [-0.25, -0.2) is 0 Å². The zero-order valence-electron chi connectivity index (χ0n) is 6.97. The number of benzene rings is 1. The summed E-state index contributed by atoms with van der Waals surface area (Å²) in [5.74, 6) is 0.726. The van der Waals surface area contributed by atoms with E-state index in [0.29, 0.717) is 0 Å². The van der Waals surface area contributed by atoms with Gasteiger partial charge in [-0.2, -0.15) is 0 Å². The molecule has 4 nitrogen and oxygen atoms in total. The second-order valence-corrected chi connectivity index (χ2v) is 3.10. The first-order chi connectivity index (χ1) is 6.29. The molecule has 0 saturated heterocycles. The topological polar surface area (TPSA) is 55.8 Å². The molecule has 0 saturated carbocycles. The van der Waals surface area contributed by atoms with Crippen LogP contribution in [0.1, 0.15) is 0 Å². The third kappa shape index (κ3) is 4.27. The molecular formula is C8H10O4Si. The molecule has 0 aliphatic carbocycles. The van der Waals surface area contributed by atoms with Crippen molar-refractivity contribution < 1.29 is 18.4 Å². The van der Waals surface area contributed by atoms with Gasteiger partial charge in [-0.15, -0.1) is 0 Å². The van der Waals surface area contributed by atoms with E-state index in [0.717, 1.165) is 5.75 Å². The average molecular weight is 198 g/mol. The van der Waals surface area contributed by atoms with Crippen LogP contribution in [-0.4, -0.2) is 27.2 Å². The van der Waals surface area contributed by atoms with E-state index in [9.17, 15) is 4.46 Å². The van der Waals surface area contributed by atoms with Crippen molar-refractivity contribution >= 4 is 9.17 Å². The Balaban J connectivity index is 2.17. The maximum atomic E-state index is 10.1. The Kier molecular flexibility index (Phi) is 3.97. The largest absolute Gasteiger partial charge is 0.764 e. The van der Waals surface area contributed by atoms with Gasteiger partial charge in [-0.1, -0.05) is 18.2 Å². The van der Waals surface area contributed by atoms with Gasteiger partial charge >= 0.3 is 9.17 Å². The molecule has 0 heterocycles. The quantitative estimate of drug-likeness (QED) is 0.552. The number of rotatable bonds is 5. The summed E-state index contributed by atoms with van der Waals surface area (Å²) < 4.78 is 19.8. The molecule has 0 aliphatic heterocycles. The molecule has 1 aromatic carbocycles. The van der Waals surface area contributed by atoms with Crippen LogP contribution in [0.5, 0.6) is 5.75 Å². The van der Waals surface area contributed by atoms with Gasteiger partial charge in [0.25, 0.3) is 0 Å². The smallest absolute Gasteiger partial charge is 0.511 e. The zero-order chi connectivity index (χ0) is 9.52. The summed E-state index contributed by atoms with van der Waals surface area (Å²) in [5, 5.41) is 0. The minimum absolute atomic E-state index is 0.128. The molecule has 0 unspecified atom stereocenters. The molecule has 0 radical (unpaired) electrons. The standard InChI is InChI=1S/C8H10O4Si/c9-13(10)12-7-6-11-8-4-2-1-3-5-8/h1-5,9H,6-7H2. The lowest BCUT2D eigenvalue weighted by Gasteiger charge is -2.04. The first kappa shape index (κ1) is 9.72. The monoisotopic (exact) mass is 198 g/mol. The van der Waals surface area contributed by atoms with Crippen molar-refractivity contribution in [2.75, 3.05) is 13.2 Å². The predicted octanol–water partition coefficient (Wildman–Crippen LogP) is 0.490. The Bertz CT molecular complexity index is 262. The molecule has 0 spiro atoms. The van der Waals surface area contributed by atoms with Crippen molar-refractivity contribution in [2.45, 2.75) is 0 Å². The third-order valence-corrected chi connectivity index (χ3v) is 1.77. The second kappa shape index (κ2) is 5.31. The van der Waals surface area contributed by atoms with Gasteiger partial charge in [0.05, 0.1) is 0 Å². The molecule has 0 bridgehead atoms. The fourth-order valence-corrected chi connectivity index (χ4v) is 1.06. The molecule has 0 aliphatic rings. The number of para-hydroxylation sites is 1. The van der Waals surface area contributed by atoms with Crippen LogP contribution < -0.4 is 4.74 Å². The van der Waals surface area contributed by atoms with Crippen LogP contribution in [0.2, 0.25) is 0 Å². The Labute approximate surface area is 77.6 Å². The highest BCUT2D eigenvalue weighted by molar-refractivity contribution is 6.24. The lowest BCUT2D eigenvalue weighted by atomic mass is 10.3. The van der Waals surface area contributed by atoms with Crippen molar-refractivity contribution in [1.29, 1.82) is 0 Å². The number of hydrogen-bond donors (Lipinski definition) is 1. The summed E-state index contributed by atoms with van der Waals surface area (Å²) in [6.07, 6.45) is 0. The molecule has 13 heavy (non-hydrogen) atoms. The molecule has 0 aromatic heterocycles. The minimum atomic E-state index is -2.82. The summed E-state index contributed by atoms with van der Waals surface area (Å²) in [6.45, 7) is 0.407. The Morgan fingerprint density at radius 1 is 1.23 bits per heavy atom. The van der Waals surface area contributed by atoms with E-state index >= 15 is 0 Å². The molecule has 0 fully saturated rings. The molecule has 0 amide bonds. The van der Waals surface area contributed by atoms with Gasteiger partial charge < -0.3 is 14.0 Å². The lowest BCUT2D eigenvalue weighted by Crippen LogP contribution is -2.12. The van der Waals surface area contributed by atoms with Gasteiger partial charge in [0.15, 0.2) is 0 Å². The van der Waals surface area contributed by atoms with Crippen LogP contribution in [0, 0.1) is 0 Å². The highest BCUT2D eigenvalue weighted by Crippen LogP contribution is 2.07. The van der Waals surface area contributed by atoms with Crippen LogP contribution in [0.4, 0.5) is 0 Å². The van der Waals surface area contributed by atoms with Crippen LogP contribution >= 0.6 is 0 Å². The van der Waals surface area contributed by atoms with E-state index in [1.165, 1.54) is 0 Å².